The third-order valence-corrected chi connectivity index (χ3v) is 9.08. The summed E-state index contributed by atoms with van der Waals surface area (Å²) in [5, 5.41) is 12.5. The Hall–Kier alpha value is -3.68. The predicted molar refractivity (Wildman–Crippen MR) is 137 cm³/mol. The van der Waals surface area contributed by atoms with Crippen LogP contribution in [-0.4, -0.2) is 47.9 Å². The molecule has 2 aliphatic heterocycles. The molecule has 5 rings (SSSR count). The Morgan fingerprint density at radius 3 is 2.44 bits per heavy atom. The molecule has 206 valence electrons. The van der Waals surface area contributed by atoms with Gasteiger partial charge in [-0.3, -0.25) is 14.7 Å². The highest BCUT2D eigenvalue weighted by Crippen LogP contribution is 2.44. The van der Waals surface area contributed by atoms with E-state index in [1.165, 1.54) is 0 Å². The van der Waals surface area contributed by atoms with E-state index in [0.29, 0.717) is 49.1 Å². The third-order valence-electron chi connectivity index (χ3n) is 7.08. The molecule has 10 nitrogen and oxygen atoms in total. The van der Waals surface area contributed by atoms with Crippen molar-refractivity contribution in [2.75, 3.05) is 23.8 Å². The van der Waals surface area contributed by atoms with Gasteiger partial charge in [-0.2, -0.15) is 9.40 Å². The number of carbonyl (C=O) groups is 2. The standard InChI is InChI=1S/C26H27F2N5O5S/c1-26(2)22-20(14-33(26)39(36,37)18-12-16(27)11-17(28)13-18)23(32-31-22)30-25(35)19-5-3-4-6-21(19)29-24(34)15-7-9-38-10-8-15/h3-6,11-13,15H,7-10,14H2,1-2H3,(H,29,34)(H2,30,31,32,35). The summed E-state index contributed by atoms with van der Waals surface area (Å²) in [6, 6.07) is 8.64. The van der Waals surface area contributed by atoms with Gasteiger partial charge < -0.3 is 15.4 Å². The molecule has 1 saturated heterocycles. The van der Waals surface area contributed by atoms with Crippen LogP contribution in [0.4, 0.5) is 20.3 Å². The molecular weight excluding hydrogens is 532 g/mol. The Morgan fingerprint density at radius 2 is 1.74 bits per heavy atom. The van der Waals surface area contributed by atoms with Crippen LogP contribution < -0.4 is 10.6 Å². The number of nitrogens with one attached hydrogen (secondary N) is 3. The molecule has 2 aliphatic rings. The Morgan fingerprint density at radius 1 is 1.08 bits per heavy atom. The number of halogens is 2. The number of rotatable bonds is 6. The monoisotopic (exact) mass is 559 g/mol. The fourth-order valence-electron chi connectivity index (χ4n) is 4.94. The van der Waals surface area contributed by atoms with Gasteiger partial charge in [0, 0.05) is 37.3 Å². The highest BCUT2D eigenvalue weighted by molar-refractivity contribution is 7.89. The largest absolute Gasteiger partial charge is 0.381 e. The SMILES string of the molecule is CC1(C)c2[nH]nc(NC(=O)c3ccccc3NC(=O)C3CCOCC3)c2CN1S(=O)(=O)c1cc(F)cc(F)c1. The highest BCUT2D eigenvalue weighted by atomic mass is 32.2. The molecule has 3 N–H and O–H groups in total. The lowest BCUT2D eigenvalue weighted by atomic mass is 9.99. The van der Waals surface area contributed by atoms with Crippen LogP contribution in [0.1, 0.15) is 48.3 Å². The Balaban J connectivity index is 1.38. The number of para-hydroxylation sites is 1. The number of H-pyrrole nitrogens is 1. The van der Waals surface area contributed by atoms with Crippen molar-refractivity contribution in [1.29, 1.82) is 0 Å². The Labute approximate surface area is 223 Å². The summed E-state index contributed by atoms with van der Waals surface area (Å²) in [4.78, 5) is 25.5. The van der Waals surface area contributed by atoms with Crippen LogP contribution in [0.2, 0.25) is 0 Å². The minimum atomic E-state index is -4.32. The summed E-state index contributed by atoms with van der Waals surface area (Å²) in [5.41, 5.74) is 0.211. The number of aromatic amines is 1. The van der Waals surface area contributed by atoms with Crippen molar-refractivity contribution in [3.8, 4) is 0 Å². The first-order chi connectivity index (χ1) is 18.5. The lowest BCUT2D eigenvalue weighted by molar-refractivity contribution is -0.122. The van der Waals surface area contributed by atoms with Gasteiger partial charge >= 0.3 is 0 Å². The van der Waals surface area contributed by atoms with E-state index in [0.717, 1.165) is 16.4 Å². The lowest BCUT2D eigenvalue weighted by Gasteiger charge is -2.30. The number of nitrogens with zero attached hydrogens (tertiary/aromatic N) is 2. The maximum absolute atomic E-state index is 13.8. The number of sulfonamides is 1. The fraction of sp³-hybridized carbons (Fsp3) is 0.346. The molecule has 2 aromatic carbocycles. The number of fused-ring (bicyclic) bond motifs is 1. The number of benzene rings is 2. The number of anilines is 2. The number of aromatic nitrogens is 2. The van der Waals surface area contributed by atoms with E-state index in [1.807, 2.05) is 0 Å². The van der Waals surface area contributed by atoms with Crippen molar-refractivity contribution in [3.63, 3.8) is 0 Å². The van der Waals surface area contributed by atoms with E-state index in [4.69, 9.17) is 4.74 Å². The molecule has 0 atom stereocenters. The molecular formula is C26H27F2N5O5S. The summed E-state index contributed by atoms with van der Waals surface area (Å²) >= 11 is 0. The molecule has 0 saturated carbocycles. The van der Waals surface area contributed by atoms with Crippen molar-refractivity contribution in [2.24, 2.45) is 5.92 Å². The molecule has 1 fully saturated rings. The predicted octanol–water partition coefficient (Wildman–Crippen LogP) is 3.74. The van der Waals surface area contributed by atoms with Gasteiger partial charge in [0.2, 0.25) is 15.9 Å². The van der Waals surface area contributed by atoms with Gasteiger partial charge in [-0.1, -0.05) is 12.1 Å². The molecule has 3 heterocycles. The second-order valence-electron chi connectivity index (χ2n) is 9.98. The average molecular weight is 560 g/mol. The minimum absolute atomic E-state index is 0.108. The molecule has 0 aliphatic carbocycles. The summed E-state index contributed by atoms with van der Waals surface area (Å²) in [5.74, 6) is -2.89. The molecule has 3 aromatic rings. The van der Waals surface area contributed by atoms with Gasteiger partial charge in [0.25, 0.3) is 5.91 Å². The summed E-state index contributed by atoms with van der Waals surface area (Å²) in [7, 11) is -4.32. The second-order valence-corrected chi connectivity index (χ2v) is 11.8. The van der Waals surface area contributed by atoms with Crippen LogP contribution in [0.3, 0.4) is 0 Å². The zero-order chi connectivity index (χ0) is 27.9. The van der Waals surface area contributed by atoms with Gasteiger partial charge in [-0.05, 0) is 51.0 Å². The molecule has 13 heteroatoms. The number of carbonyl (C=O) groups excluding carboxylic acids is 2. The van der Waals surface area contributed by atoms with Gasteiger partial charge in [-0.15, -0.1) is 0 Å². The number of amides is 2. The zero-order valence-corrected chi connectivity index (χ0v) is 22.1. The van der Waals surface area contributed by atoms with Gasteiger partial charge in [-0.25, -0.2) is 17.2 Å². The maximum atomic E-state index is 13.8. The minimum Gasteiger partial charge on any atom is -0.381 e. The van der Waals surface area contributed by atoms with E-state index in [-0.39, 0.29) is 29.8 Å². The second kappa shape index (κ2) is 10.1. The van der Waals surface area contributed by atoms with Crippen LogP contribution in [0.25, 0.3) is 0 Å². The lowest BCUT2D eigenvalue weighted by Crippen LogP contribution is -2.40. The first-order valence-electron chi connectivity index (χ1n) is 12.3. The summed E-state index contributed by atoms with van der Waals surface area (Å²) < 4.78 is 60.8. The smallest absolute Gasteiger partial charge is 0.258 e. The zero-order valence-electron chi connectivity index (χ0n) is 21.3. The maximum Gasteiger partial charge on any atom is 0.258 e. The van der Waals surface area contributed by atoms with E-state index in [1.54, 1.807) is 38.1 Å². The van der Waals surface area contributed by atoms with Crippen LogP contribution in [0, 0.1) is 17.6 Å². The van der Waals surface area contributed by atoms with Crippen LogP contribution >= 0.6 is 0 Å². The first kappa shape index (κ1) is 26.9. The summed E-state index contributed by atoms with van der Waals surface area (Å²) in [6.07, 6.45) is 1.19. The van der Waals surface area contributed by atoms with Crippen LogP contribution in [0.15, 0.2) is 47.4 Å². The molecule has 0 radical (unpaired) electrons. The van der Waals surface area contributed by atoms with Crippen molar-refractivity contribution in [2.45, 2.75) is 43.7 Å². The quantitative estimate of drug-likeness (QED) is 0.421. The molecule has 1 aromatic heterocycles. The van der Waals surface area contributed by atoms with Gasteiger partial charge in [0.15, 0.2) is 5.82 Å². The topological polar surface area (TPSA) is 133 Å². The highest BCUT2D eigenvalue weighted by Gasteiger charge is 2.48. The third kappa shape index (κ3) is 5.04. The number of ether oxygens (including phenoxy) is 1. The van der Waals surface area contributed by atoms with E-state index in [2.05, 4.69) is 20.8 Å². The van der Waals surface area contributed by atoms with Crippen molar-refractivity contribution in [1.82, 2.24) is 14.5 Å². The van der Waals surface area contributed by atoms with E-state index < -0.39 is 38.0 Å². The molecule has 0 spiro atoms. The van der Waals surface area contributed by atoms with E-state index in [9.17, 15) is 26.8 Å². The van der Waals surface area contributed by atoms with Gasteiger partial charge in [0.05, 0.1) is 27.4 Å². The number of hydrogen-bond donors (Lipinski definition) is 3. The Bertz CT molecular complexity index is 1530. The van der Waals surface area contributed by atoms with Crippen LogP contribution in [-0.2, 0) is 31.6 Å². The van der Waals surface area contributed by atoms with Crippen LogP contribution in [0.5, 0.6) is 0 Å². The van der Waals surface area contributed by atoms with Crippen molar-refractivity contribution < 1.29 is 31.5 Å². The fourth-order valence-corrected chi connectivity index (χ4v) is 6.71. The first-order valence-corrected chi connectivity index (χ1v) is 13.8. The van der Waals surface area contributed by atoms with E-state index >= 15 is 0 Å². The summed E-state index contributed by atoms with van der Waals surface area (Å²) in [6.45, 7) is 4.05. The normalized spacial score (nSPS) is 17.5. The average Bonchev–Trinajstić information content (AvgIpc) is 3.42. The van der Waals surface area contributed by atoms with Crippen molar-refractivity contribution in [3.05, 3.63) is 70.9 Å². The van der Waals surface area contributed by atoms with Gasteiger partial charge in [0.1, 0.15) is 11.6 Å². The molecule has 0 bridgehead atoms. The molecule has 2 amide bonds. The number of hydrogen-bond acceptors (Lipinski definition) is 6. The molecule has 0 unspecified atom stereocenters. The van der Waals surface area contributed by atoms with Crippen molar-refractivity contribution >= 4 is 33.3 Å². The molecule has 39 heavy (non-hydrogen) atoms. The Kier molecular flexibility index (Phi) is 6.99.